The lowest BCUT2D eigenvalue weighted by atomic mass is 9.93. The SMILES string of the molecule is CCC1CCCCN1CC1Cc2ccccc2CN1. The molecule has 0 radical (unpaired) electrons. The lowest BCUT2D eigenvalue weighted by Gasteiger charge is -2.39. The predicted molar refractivity (Wildman–Crippen MR) is 80.3 cm³/mol. The number of nitrogens with one attached hydrogen (secondary N) is 1. The second-order valence-electron chi connectivity index (χ2n) is 6.10. The van der Waals surface area contributed by atoms with Gasteiger partial charge in [-0.1, -0.05) is 37.6 Å². The molecule has 0 aliphatic carbocycles. The molecule has 0 aromatic heterocycles. The van der Waals surface area contributed by atoms with Crippen LogP contribution in [-0.2, 0) is 13.0 Å². The molecule has 0 bridgehead atoms. The number of hydrogen-bond donors (Lipinski definition) is 1. The van der Waals surface area contributed by atoms with Gasteiger partial charge in [0.2, 0.25) is 0 Å². The fraction of sp³-hybridized carbons (Fsp3) is 0.647. The maximum Gasteiger partial charge on any atom is 0.0238 e. The first-order valence-corrected chi connectivity index (χ1v) is 7.91. The van der Waals surface area contributed by atoms with Crippen LogP contribution in [0.1, 0.15) is 43.7 Å². The van der Waals surface area contributed by atoms with E-state index in [-0.39, 0.29) is 0 Å². The van der Waals surface area contributed by atoms with Gasteiger partial charge >= 0.3 is 0 Å². The molecule has 104 valence electrons. The van der Waals surface area contributed by atoms with E-state index in [9.17, 15) is 0 Å². The summed E-state index contributed by atoms with van der Waals surface area (Å²) >= 11 is 0. The molecule has 2 heterocycles. The predicted octanol–water partition coefficient (Wildman–Crippen LogP) is 2.97. The molecule has 1 N–H and O–H groups in total. The minimum atomic E-state index is 0.641. The van der Waals surface area contributed by atoms with Crippen molar-refractivity contribution in [1.82, 2.24) is 10.2 Å². The molecular formula is C17H26N2. The Hall–Kier alpha value is -0.860. The van der Waals surface area contributed by atoms with Crippen LogP contribution in [0, 0.1) is 0 Å². The highest BCUT2D eigenvalue weighted by atomic mass is 15.2. The summed E-state index contributed by atoms with van der Waals surface area (Å²) in [5, 5.41) is 3.73. The fourth-order valence-corrected chi connectivity index (χ4v) is 3.70. The summed E-state index contributed by atoms with van der Waals surface area (Å²) in [6.45, 7) is 5.92. The average Bonchev–Trinajstić information content (AvgIpc) is 2.48. The first-order valence-electron chi connectivity index (χ1n) is 7.91. The van der Waals surface area contributed by atoms with E-state index in [0.29, 0.717) is 6.04 Å². The first-order chi connectivity index (χ1) is 9.36. The van der Waals surface area contributed by atoms with E-state index < -0.39 is 0 Å². The van der Waals surface area contributed by atoms with Crippen LogP contribution >= 0.6 is 0 Å². The van der Waals surface area contributed by atoms with Crippen molar-refractivity contribution < 1.29 is 0 Å². The van der Waals surface area contributed by atoms with Crippen LogP contribution in [0.2, 0.25) is 0 Å². The Morgan fingerprint density at radius 2 is 2.05 bits per heavy atom. The summed E-state index contributed by atoms with van der Waals surface area (Å²) < 4.78 is 0. The van der Waals surface area contributed by atoms with Gasteiger partial charge in [0.1, 0.15) is 0 Å². The molecule has 0 amide bonds. The van der Waals surface area contributed by atoms with Crippen molar-refractivity contribution in [2.75, 3.05) is 13.1 Å². The summed E-state index contributed by atoms with van der Waals surface area (Å²) in [6, 6.07) is 10.4. The molecule has 0 saturated carbocycles. The van der Waals surface area contributed by atoms with Gasteiger partial charge in [-0.15, -0.1) is 0 Å². The molecule has 2 aliphatic heterocycles. The Balaban J connectivity index is 1.62. The van der Waals surface area contributed by atoms with E-state index in [4.69, 9.17) is 0 Å². The third-order valence-corrected chi connectivity index (χ3v) is 4.84. The number of rotatable bonds is 3. The highest BCUT2D eigenvalue weighted by Crippen LogP contribution is 2.22. The van der Waals surface area contributed by atoms with Crippen LogP contribution < -0.4 is 5.32 Å². The number of nitrogens with zero attached hydrogens (tertiary/aromatic N) is 1. The van der Waals surface area contributed by atoms with E-state index in [1.54, 1.807) is 5.56 Å². The molecule has 1 saturated heterocycles. The molecule has 3 rings (SSSR count). The quantitative estimate of drug-likeness (QED) is 0.896. The molecular weight excluding hydrogens is 232 g/mol. The molecule has 2 heteroatoms. The molecule has 1 fully saturated rings. The zero-order valence-corrected chi connectivity index (χ0v) is 12.1. The smallest absolute Gasteiger partial charge is 0.0238 e. The summed E-state index contributed by atoms with van der Waals surface area (Å²) in [5.41, 5.74) is 3.04. The van der Waals surface area contributed by atoms with Gasteiger partial charge in [0.05, 0.1) is 0 Å². The number of fused-ring (bicyclic) bond motifs is 1. The molecule has 2 nitrogen and oxygen atoms in total. The van der Waals surface area contributed by atoms with Crippen LogP contribution in [0.4, 0.5) is 0 Å². The highest BCUT2D eigenvalue weighted by Gasteiger charge is 2.25. The minimum Gasteiger partial charge on any atom is -0.308 e. The van der Waals surface area contributed by atoms with Gasteiger partial charge in [-0.3, -0.25) is 4.90 Å². The maximum absolute atomic E-state index is 3.73. The van der Waals surface area contributed by atoms with E-state index in [2.05, 4.69) is 41.4 Å². The van der Waals surface area contributed by atoms with Gasteiger partial charge in [-0.25, -0.2) is 0 Å². The molecule has 2 aliphatic rings. The van der Waals surface area contributed by atoms with Crippen molar-refractivity contribution in [1.29, 1.82) is 0 Å². The van der Waals surface area contributed by atoms with Crippen LogP contribution in [0.5, 0.6) is 0 Å². The van der Waals surface area contributed by atoms with E-state index >= 15 is 0 Å². The Morgan fingerprint density at radius 3 is 2.89 bits per heavy atom. The Morgan fingerprint density at radius 1 is 1.21 bits per heavy atom. The lowest BCUT2D eigenvalue weighted by Crippen LogP contribution is -2.49. The molecule has 2 atom stereocenters. The van der Waals surface area contributed by atoms with Gasteiger partial charge in [-0.05, 0) is 43.4 Å². The monoisotopic (exact) mass is 258 g/mol. The first kappa shape index (κ1) is 13.1. The summed E-state index contributed by atoms with van der Waals surface area (Å²) in [7, 11) is 0. The van der Waals surface area contributed by atoms with Crippen molar-refractivity contribution in [2.24, 2.45) is 0 Å². The maximum atomic E-state index is 3.73. The van der Waals surface area contributed by atoms with E-state index in [1.165, 1.54) is 50.8 Å². The van der Waals surface area contributed by atoms with Crippen molar-refractivity contribution in [3.05, 3.63) is 35.4 Å². The minimum absolute atomic E-state index is 0.641. The van der Waals surface area contributed by atoms with Gasteiger partial charge in [0, 0.05) is 25.2 Å². The van der Waals surface area contributed by atoms with E-state index in [1.807, 2.05) is 0 Å². The second-order valence-corrected chi connectivity index (χ2v) is 6.10. The summed E-state index contributed by atoms with van der Waals surface area (Å²) in [4.78, 5) is 2.73. The number of hydrogen-bond acceptors (Lipinski definition) is 2. The van der Waals surface area contributed by atoms with Gasteiger partial charge in [0.15, 0.2) is 0 Å². The zero-order valence-electron chi connectivity index (χ0n) is 12.1. The zero-order chi connectivity index (χ0) is 13.1. The van der Waals surface area contributed by atoms with Gasteiger partial charge in [0.25, 0.3) is 0 Å². The average molecular weight is 258 g/mol. The molecule has 19 heavy (non-hydrogen) atoms. The second kappa shape index (κ2) is 6.06. The summed E-state index contributed by atoms with van der Waals surface area (Å²) in [6.07, 6.45) is 6.72. The number of benzene rings is 1. The van der Waals surface area contributed by atoms with Crippen LogP contribution in [0.25, 0.3) is 0 Å². The Bertz CT molecular complexity index is 415. The van der Waals surface area contributed by atoms with Gasteiger partial charge in [-0.2, -0.15) is 0 Å². The Labute approximate surface area is 117 Å². The van der Waals surface area contributed by atoms with E-state index in [0.717, 1.165) is 12.6 Å². The van der Waals surface area contributed by atoms with Crippen LogP contribution in [0.15, 0.2) is 24.3 Å². The van der Waals surface area contributed by atoms with Crippen molar-refractivity contribution >= 4 is 0 Å². The van der Waals surface area contributed by atoms with Crippen LogP contribution in [-0.4, -0.2) is 30.1 Å². The fourth-order valence-electron chi connectivity index (χ4n) is 3.70. The number of likely N-dealkylation sites (tertiary alicyclic amines) is 1. The normalized spacial score (nSPS) is 28.1. The van der Waals surface area contributed by atoms with Crippen LogP contribution in [0.3, 0.4) is 0 Å². The number of piperidine rings is 1. The molecule has 1 aromatic carbocycles. The molecule has 1 aromatic rings. The lowest BCUT2D eigenvalue weighted by molar-refractivity contribution is 0.127. The van der Waals surface area contributed by atoms with Crippen molar-refractivity contribution in [2.45, 2.75) is 57.7 Å². The third-order valence-electron chi connectivity index (χ3n) is 4.84. The largest absolute Gasteiger partial charge is 0.308 e. The van der Waals surface area contributed by atoms with Crippen molar-refractivity contribution in [3.63, 3.8) is 0 Å². The Kier molecular flexibility index (Phi) is 4.19. The topological polar surface area (TPSA) is 15.3 Å². The van der Waals surface area contributed by atoms with Crippen molar-refractivity contribution in [3.8, 4) is 0 Å². The summed E-state index contributed by atoms with van der Waals surface area (Å²) in [5.74, 6) is 0. The molecule has 2 unspecified atom stereocenters. The van der Waals surface area contributed by atoms with Gasteiger partial charge < -0.3 is 5.32 Å². The standard InChI is InChI=1S/C17H26N2/c1-2-17-9-5-6-10-19(17)13-16-11-14-7-3-4-8-15(14)12-18-16/h3-4,7-8,16-18H,2,5-6,9-13H2,1H3. The highest BCUT2D eigenvalue weighted by molar-refractivity contribution is 5.29. The molecule has 0 spiro atoms. The third kappa shape index (κ3) is 3.01.